The van der Waals surface area contributed by atoms with Crippen LogP contribution in [0, 0.1) is 4.77 Å². The van der Waals surface area contributed by atoms with Gasteiger partial charge in [0.2, 0.25) is 0 Å². The highest BCUT2D eigenvalue weighted by atomic mass is 79.9. The van der Waals surface area contributed by atoms with E-state index in [1.807, 2.05) is 12.1 Å². The maximum atomic E-state index is 10.2. The molecular formula is C13H15BrN2OS. The Morgan fingerprint density at radius 1 is 1.33 bits per heavy atom. The van der Waals surface area contributed by atoms with Gasteiger partial charge in [-0.1, -0.05) is 28.8 Å². The molecule has 1 saturated carbocycles. The summed E-state index contributed by atoms with van der Waals surface area (Å²) in [5.41, 5.74) is 2.10. The number of aliphatic hydroxyl groups is 1. The minimum atomic E-state index is -0.288. The molecular weight excluding hydrogens is 312 g/mol. The third-order valence-corrected chi connectivity index (χ3v) is 4.50. The molecule has 3 nitrogen and oxygen atoms in total. The summed E-state index contributed by atoms with van der Waals surface area (Å²) in [6.07, 6.45) is 3.84. The van der Waals surface area contributed by atoms with Crippen molar-refractivity contribution in [2.75, 3.05) is 0 Å². The number of aromatic nitrogens is 2. The first-order chi connectivity index (χ1) is 8.66. The highest BCUT2D eigenvalue weighted by Gasteiger charge is 2.26. The van der Waals surface area contributed by atoms with Gasteiger partial charge in [0.05, 0.1) is 23.2 Å². The predicted molar refractivity (Wildman–Crippen MR) is 78.3 cm³/mol. The second kappa shape index (κ2) is 4.79. The van der Waals surface area contributed by atoms with Crippen molar-refractivity contribution in [1.82, 2.24) is 9.55 Å². The van der Waals surface area contributed by atoms with E-state index in [0.717, 1.165) is 41.2 Å². The number of hydrogen-bond donors (Lipinski definition) is 2. The van der Waals surface area contributed by atoms with Crippen LogP contribution in [0.25, 0.3) is 11.0 Å². The van der Waals surface area contributed by atoms with Crippen LogP contribution in [0.4, 0.5) is 0 Å². The van der Waals surface area contributed by atoms with Crippen molar-refractivity contribution in [3.05, 3.63) is 27.4 Å². The summed E-state index contributed by atoms with van der Waals surface area (Å²) in [5, 5.41) is 10.2. The van der Waals surface area contributed by atoms with E-state index in [0.29, 0.717) is 4.77 Å². The molecule has 0 amide bonds. The Hall–Kier alpha value is -0.650. The van der Waals surface area contributed by atoms with Crippen LogP contribution in [0.1, 0.15) is 31.7 Å². The fraction of sp³-hybridized carbons (Fsp3) is 0.462. The van der Waals surface area contributed by atoms with E-state index in [-0.39, 0.29) is 12.1 Å². The number of fused-ring (bicyclic) bond motifs is 1. The fourth-order valence-electron chi connectivity index (χ4n) is 2.82. The molecule has 0 saturated heterocycles. The number of H-pyrrole nitrogens is 1. The van der Waals surface area contributed by atoms with Crippen LogP contribution in [-0.2, 0) is 0 Å². The SMILES string of the molecule is OC1CCCCC1n1c(=S)[nH]c2ccc(Br)cc21. The summed E-state index contributed by atoms with van der Waals surface area (Å²) in [5.74, 6) is 0. The van der Waals surface area contributed by atoms with E-state index in [9.17, 15) is 5.11 Å². The lowest BCUT2D eigenvalue weighted by Gasteiger charge is -2.29. The summed E-state index contributed by atoms with van der Waals surface area (Å²) in [6, 6.07) is 6.17. The van der Waals surface area contributed by atoms with Crippen molar-refractivity contribution in [2.45, 2.75) is 37.8 Å². The van der Waals surface area contributed by atoms with Gasteiger partial charge in [-0.15, -0.1) is 0 Å². The number of rotatable bonds is 1. The van der Waals surface area contributed by atoms with Crippen molar-refractivity contribution in [3.63, 3.8) is 0 Å². The van der Waals surface area contributed by atoms with Gasteiger partial charge in [0.25, 0.3) is 0 Å². The Morgan fingerprint density at radius 2 is 2.11 bits per heavy atom. The van der Waals surface area contributed by atoms with Crippen molar-refractivity contribution in [1.29, 1.82) is 0 Å². The number of benzene rings is 1. The largest absolute Gasteiger partial charge is 0.391 e. The summed E-state index contributed by atoms with van der Waals surface area (Å²) in [6.45, 7) is 0. The van der Waals surface area contributed by atoms with E-state index in [1.54, 1.807) is 0 Å². The summed E-state index contributed by atoms with van der Waals surface area (Å²) >= 11 is 8.90. The molecule has 1 fully saturated rings. The first-order valence-corrected chi connectivity index (χ1v) is 7.45. The number of nitrogens with one attached hydrogen (secondary N) is 1. The van der Waals surface area contributed by atoms with Gasteiger partial charge in [-0.2, -0.15) is 0 Å². The number of nitrogens with zero attached hydrogens (tertiary/aromatic N) is 1. The first kappa shape index (κ1) is 12.4. The molecule has 0 spiro atoms. The van der Waals surface area contributed by atoms with E-state index in [2.05, 4.69) is 31.5 Å². The average Bonchev–Trinajstić information content (AvgIpc) is 2.66. The van der Waals surface area contributed by atoms with Gasteiger partial charge in [0.15, 0.2) is 4.77 Å². The van der Waals surface area contributed by atoms with Crippen LogP contribution in [0.15, 0.2) is 22.7 Å². The zero-order valence-corrected chi connectivity index (χ0v) is 12.3. The predicted octanol–water partition coefficient (Wildman–Crippen LogP) is 3.94. The molecule has 2 atom stereocenters. The van der Waals surface area contributed by atoms with Crippen molar-refractivity contribution in [3.8, 4) is 0 Å². The Bertz CT molecular complexity index is 633. The molecule has 0 bridgehead atoms. The van der Waals surface area contributed by atoms with E-state index in [4.69, 9.17) is 12.2 Å². The van der Waals surface area contributed by atoms with Gasteiger partial charge >= 0.3 is 0 Å². The molecule has 3 rings (SSSR count). The zero-order chi connectivity index (χ0) is 12.7. The molecule has 2 unspecified atom stereocenters. The van der Waals surface area contributed by atoms with Crippen LogP contribution < -0.4 is 0 Å². The van der Waals surface area contributed by atoms with E-state index in [1.165, 1.54) is 0 Å². The molecule has 2 N–H and O–H groups in total. The second-order valence-electron chi connectivity index (χ2n) is 4.88. The Labute approximate surface area is 119 Å². The highest BCUT2D eigenvalue weighted by Crippen LogP contribution is 2.32. The average molecular weight is 327 g/mol. The maximum absolute atomic E-state index is 10.2. The number of halogens is 1. The quantitative estimate of drug-likeness (QED) is 0.779. The number of hydrogen-bond acceptors (Lipinski definition) is 2. The van der Waals surface area contributed by atoms with Crippen LogP contribution in [0.2, 0.25) is 0 Å². The highest BCUT2D eigenvalue weighted by molar-refractivity contribution is 9.10. The molecule has 1 heterocycles. The van der Waals surface area contributed by atoms with Gasteiger partial charge in [-0.3, -0.25) is 0 Å². The third kappa shape index (κ3) is 2.04. The van der Waals surface area contributed by atoms with Crippen molar-refractivity contribution < 1.29 is 5.11 Å². The van der Waals surface area contributed by atoms with Gasteiger partial charge in [0.1, 0.15) is 0 Å². The molecule has 18 heavy (non-hydrogen) atoms. The lowest BCUT2D eigenvalue weighted by molar-refractivity contribution is 0.0767. The van der Waals surface area contributed by atoms with Crippen LogP contribution in [0.3, 0.4) is 0 Å². The maximum Gasteiger partial charge on any atom is 0.178 e. The molecule has 1 aliphatic carbocycles. The molecule has 1 aliphatic rings. The Kier molecular flexibility index (Phi) is 3.30. The molecule has 0 aliphatic heterocycles. The van der Waals surface area contributed by atoms with Crippen LogP contribution in [-0.4, -0.2) is 20.8 Å². The van der Waals surface area contributed by atoms with Crippen molar-refractivity contribution in [2.24, 2.45) is 0 Å². The second-order valence-corrected chi connectivity index (χ2v) is 6.18. The lowest BCUT2D eigenvalue weighted by atomic mass is 9.92. The topological polar surface area (TPSA) is 41.0 Å². The Balaban J connectivity index is 2.18. The smallest absolute Gasteiger partial charge is 0.178 e. The van der Waals surface area contributed by atoms with Gasteiger partial charge in [0, 0.05) is 4.47 Å². The number of aliphatic hydroxyl groups excluding tert-OH is 1. The standard InChI is InChI=1S/C13H15BrN2OS/c14-8-5-6-9-11(7-8)16(13(18)15-9)10-3-1-2-4-12(10)17/h5-7,10,12,17H,1-4H2,(H,15,18). The number of imidazole rings is 1. The minimum absolute atomic E-state index is 0.106. The lowest BCUT2D eigenvalue weighted by Crippen LogP contribution is -2.27. The van der Waals surface area contributed by atoms with Crippen LogP contribution in [0.5, 0.6) is 0 Å². The summed E-state index contributed by atoms with van der Waals surface area (Å²) in [7, 11) is 0. The normalized spacial score (nSPS) is 24.6. The van der Waals surface area contributed by atoms with Gasteiger partial charge < -0.3 is 14.7 Å². The third-order valence-electron chi connectivity index (χ3n) is 3.71. The molecule has 2 aromatic rings. The monoisotopic (exact) mass is 326 g/mol. The molecule has 1 aromatic carbocycles. The van der Waals surface area contributed by atoms with E-state index < -0.39 is 0 Å². The van der Waals surface area contributed by atoms with Crippen molar-refractivity contribution >= 4 is 39.2 Å². The van der Waals surface area contributed by atoms with Gasteiger partial charge in [-0.25, -0.2) is 0 Å². The first-order valence-electron chi connectivity index (χ1n) is 6.24. The van der Waals surface area contributed by atoms with Crippen LogP contribution >= 0.6 is 28.1 Å². The molecule has 96 valence electrons. The Morgan fingerprint density at radius 3 is 2.89 bits per heavy atom. The van der Waals surface area contributed by atoms with Gasteiger partial charge in [-0.05, 0) is 43.3 Å². The van der Waals surface area contributed by atoms with E-state index >= 15 is 0 Å². The summed E-state index contributed by atoms with van der Waals surface area (Å²) in [4.78, 5) is 3.22. The fourth-order valence-corrected chi connectivity index (χ4v) is 3.51. The molecule has 5 heteroatoms. The minimum Gasteiger partial charge on any atom is -0.391 e. The zero-order valence-electron chi connectivity index (χ0n) is 9.90. The molecule has 1 aromatic heterocycles. The molecule has 0 radical (unpaired) electrons. The number of aromatic amines is 1. The summed E-state index contributed by atoms with van der Waals surface area (Å²) < 4.78 is 3.82.